The van der Waals surface area contributed by atoms with Gasteiger partial charge in [-0.2, -0.15) is 0 Å². The summed E-state index contributed by atoms with van der Waals surface area (Å²) in [5, 5.41) is 21.0. The van der Waals surface area contributed by atoms with E-state index in [4.69, 9.17) is 0 Å². The van der Waals surface area contributed by atoms with Crippen molar-refractivity contribution in [3.63, 3.8) is 0 Å². The quantitative estimate of drug-likeness (QED) is 0.727. The van der Waals surface area contributed by atoms with Crippen LogP contribution in [0.2, 0.25) is 0 Å². The van der Waals surface area contributed by atoms with Crippen LogP contribution in [0.1, 0.15) is 55.1 Å². The normalized spacial score (nSPS) is 10.9. The van der Waals surface area contributed by atoms with Gasteiger partial charge in [0, 0.05) is 11.1 Å². The van der Waals surface area contributed by atoms with Gasteiger partial charge in [-0.15, -0.1) is 0 Å². The summed E-state index contributed by atoms with van der Waals surface area (Å²) in [6.45, 7) is 7.74. The van der Waals surface area contributed by atoms with Gasteiger partial charge in [0.2, 0.25) is 0 Å². The predicted molar refractivity (Wildman–Crippen MR) is 65.1 cm³/mol. The molecule has 0 spiro atoms. The van der Waals surface area contributed by atoms with Crippen LogP contribution in [0.15, 0.2) is 12.1 Å². The first-order chi connectivity index (χ1) is 7.85. The van der Waals surface area contributed by atoms with Crippen LogP contribution in [0, 0.1) is 6.92 Å². The Bertz CT molecular complexity index is 437. The van der Waals surface area contributed by atoms with E-state index in [2.05, 4.69) is 0 Å². The summed E-state index contributed by atoms with van der Waals surface area (Å²) in [5.41, 5.74) is 1.17. The summed E-state index contributed by atoms with van der Waals surface area (Å²) in [5.74, 6) is -1.03. The van der Waals surface area contributed by atoms with E-state index in [0.29, 0.717) is 11.1 Å². The molecule has 0 bridgehead atoms. The zero-order valence-corrected chi connectivity index (χ0v) is 15.0. The maximum atomic E-state index is 11.0. The number of rotatable bonds is 4. The molecule has 0 amide bonds. The molecule has 3 nitrogen and oxygen atoms in total. The Balaban J connectivity index is 0.00000289. The molecule has 0 saturated heterocycles. The van der Waals surface area contributed by atoms with E-state index >= 15 is 0 Å². The van der Waals surface area contributed by atoms with Crippen LogP contribution >= 0.6 is 0 Å². The van der Waals surface area contributed by atoms with Crippen LogP contribution in [-0.2, 0) is 5.41 Å². The molecule has 0 aliphatic carbocycles. The number of phenols is 1. The van der Waals surface area contributed by atoms with Crippen LogP contribution < -0.4 is 56.5 Å². The topological polar surface area (TPSA) is 60.4 Å². The van der Waals surface area contributed by atoms with Crippen molar-refractivity contribution in [3.05, 3.63) is 28.8 Å². The first-order valence-electron chi connectivity index (χ1n) is 5.91. The van der Waals surface area contributed by atoms with Gasteiger partial charge in [-0.3, -0.25) is 0 Å². The molecule has 0 heterocycles. The molecule has 0 unspecified atom stereocenters. The molecular weight excluding hydrogens is 255 g/mol. The summed E-state index contributed by atoms with van der Waals surface area (Å²) in [6, 6.07) is 3.05. The summed E-state index contributed by atoms with van der Waals surface area (Å²) in [7, 11) is 0. The first-order valence-corrected chi connectivity index (χ1v) is 5.91. The third-order valence-corrected chi connectivity index (χ3v) is 3.77. The maximum Gasteiger partial charge on any atom is 1.00 e. The zero-order chi connectivity index (χ0) is 13.2. The number of carbonyl (C=O) groups excluding carboxylic acids is 1. The molecule has 0 aliphatic heterocycles. The molecule has 18 heavy (non-hydrogen) atoms. The Morgan fingerprint density at radius 1 is 1.33 bits per heavy atom. The first kappa shape index (κ1) is 18.1. The standard InChI is InChI=1S/C14H20O3.K/c1-5-14(4,6-2)11-8-10(13(16)17)9(3)7-12(11)15;/h7-8,15H,5-6H2,1-4H3,(H,16,17);/q;+1/p-1. The van der Waals surface area contributed by atoms with E-state index in [9.17, 15) is 15.0 Å². The Hall–Kier alpha value is 0.126. The van der Waals surface area contributed by atoms with E-state index in [1.807, 2.05) is 20.8 Å². The minimum Gasteiger partial charge on any atom is -0.545 e. The third-order valence-electron chi connectivity index (χ3n) is 3.77. The minimum atomic E-state index is -1.20. The molecule has 1 rings (SSSR count). The van der Waals surface area contributed by atoms with Crippen molar-refractivity contribution in [2.24, 2.45) is 0 Å². The second-order valence-corrected chi connectivity index (χ2v) is 4.74. The van der Waals surface area contributed by atoms with Gasteiger partial charge in [-0.1, -0.05) is 20.8 Å². The van der Waals surface area contributed by atoms with Crippen LogP contribution in [0.25, 0.3) is 0 Å². The number of carboxylic acid groups (broad SMARTS) is 1. The number of aromatic hydroxyl groups is 1. The van der Waals surface area contributed by atoms with Gasteiger partial charge < -0.3 is 15.0 Å². The van der Waals surface area contributed by atoms with Gasteiger partial charge in [0.25, 0.3) is 0 Å². The van der Waals surface area contributed by atoms with Gasteiger partial charge in [-0.05, 0) is 42.9 Å². The van der Waals surface area contributed by atoms with Crippen molar-refractivity contribution in [2.45, 2.75) is 46.0 Å². The molecule has 4 heteroatoms. The van der Waals surface area contributed by atoms with Crippen molar-refractivity contribution < 1.29 is 66.4 Å². The SMILES string of the molecule is CCC(C)(CC)c1cc(C(=O)[O-])c(C)cc1O.[K+]. The molecule has 0 atom stereocenters. The largest absolute Gasteiger partial charge is 1.00 e. The fourth-order valence-corrected chi connectivity index (χ4v) is 2.03. The molecule has 1 aromatic carbocycles. The molecule has 0 radical (unpaired) electrons. The second kappa shape index (κ2) is 7.05. The van der Waals surface area contributed by atoms with Gasteiger partial charge in [-0.25, -0.2) is 0 Å². The fourth-order valence-electron chi connectivity index (χ4n) is 2.03. The smallest absolute Gasteiger partial charge is 0.545 e. The Morgan fingerprint density at radius 2 is 1.83 bits per heavy atom. The zero-order valence-electron chi connectivity index (χ0n) is 11.8. The number of hydrogen-bond donors (Lipinski definition) is 1. The number of benzene rings is 1. The Morgan fingerprint density at radius 3 is 2.22 bits per heavy atom. The van der Waals surface area contributed by atoms with Gasteiger partial charge in [0.05, 0.1) is 5.97 Å². The number of carbonyl (C=O) groups is 1. The summed E-state index contributed by atoms with van der Waals surface area (Å²) < 4.78 is 0. The second-order valence-electron chi connectivity index (χ2n) is 4.74. The van der Waals surface area contributed by atoms with Crippen molar-refractivity contribution in [1.82, 2.24) is 0 Å². The van der Waals surface area contributed by atoms with Crippen LogP contribution in [0.5, 0.6) is 5.75 Å². The monoisotopic (exact) mass is 274 g/mol. The van der Waals surface area contributed by atoms with Crippen molar-refractivity contribution in [2.75, 3.05) is 0 Å². The van der Waals surface area contributed by atoms with E-state index in [1.54, 1.807) is 13.0 Å². The van der Waals surface area contributed by atoms with Crippen molar-refractivity contribution in [1.29, 1.82) is 0 Å². The maximum absolute atomic E-state index is 11.0. The summed E-state index contributed by atoms with van der Waals surface area (Å²) in [6.07, 6.45) is 1.68. The van der Waals surface area contributed by atoms with Crippen LogP contribution in [0.4, 0.5) is 0 Å². The molecule has 0 saturated carbocycles. The molecule has 0 fully saturated rings. The molecule has 0 aliphatic rings. The molecule has 1 aromatic rings. The van der Waals surface area contributed by atoms with Crippen LogP contribution in [0.3, 0.4) is 0 Å². The molecule has 1 N–H and O–H groups in total. The fraction of sp³-hybridized carbons (Fsp3) is 0.500. The van der Waals surface area contributed by atoms with Gasteiger partial charge >= 0.3 is 51.4 Å². The summed E-state index contributed by atoms with van der Waals surface area (Å²) in [4.78, 5) is 11.0. The molecular formula is C14H19KO3. The summed E-state index contributed by atoms with van der Waals surface area (Å²) >= 11 is 0. The minimum absolute atomic E-state index is 0. The Labute approximate surface area is 151 Å². The number of phenolic OH excluding ortho intramolecular Hbond substituents is 1. The average Bonchev–Trinajstić information content (AvgIpc) is 2.27. The van der Waals surface area contributed by atoms with Gasteiger partial charge in [0.1, 0.15) is 5.75 Å². The molecule has 94 valence electrons. The number of aryl methyl sites for hydroxylation is 1. The van der Waals surface area contributed by atoms with E-state index in [1.165, 1.54) is 6.07 Å². The van der Waals surface area contributed by atoms with Crippen molar-refractivity contribution in [3.8, 4) is 5.75 Å². The number of aromatic carboxylic acids is 1. The van der Waals surface area contributed by atoms with Gasteiger partial charge in [0.15, 0.2) is 0 Å². The Kier molecular flexibility index (Phi) is 7.10. The third kappa shape index (κ3) is 3.58. The number of carboxylic acids is 1. The van der Waals surface area contributed by atoms with E-state index < -0.39 is 5.97 Å². The average molecular weight is 274 g/mol. The van der Waals surface area contributed by atoms with E-state index in [0.717, 1.165) is 12.8 Å². The number of hydrogen-bond acceptors (Lipinski definition) is 3. The predicted octanol–water partition coefficient (Wildman–Crippen LogP) is -0.854. The van der Waals surface area contributed by atoms with Crippen LogP contribution in [-0.4, -0.2) is 11.1 Å². The van der Waals surface area contributed by atoms with E-state index in [-0.39, 0.29) is 68.1 Å². The molecule has 0 aromatic heterocycles. The van der Waals surface area contributed by atoms with Crippen molar-refractivity contribution >= 4 is 5.97 Å².